The van der Waals surface area contributed by atoms with Crippen molar-refractivity contribution in [3.63, 3.8) is 0 Å². The van der Waals surface area contributed by atoms with Crippen LogP contribution < -0.4 is 15.8 Å². The third-order valence-electron chi connectivity index (χ3n) is 3.92. The number of benzene rings is 1. The number of anilines is 1. The third kappa shape index (κ3) is 6.61. The lowest BCUT2D eigenvalue weighted by Crippen LogP contribution is -2.29. The Hall–Kier alpha value is -1.37. The van der Waals surface area contributed by atoms with Crippen LogP contribution in [0.4, 0.5) is 5.69 Å². The minimum Gasteiger partial charge on any atom is -0.497 e. The summed E-state index contributed by atoms with van der Waals surface area (Å²) < 4.78 is 32.0. The van der Waals surface area contributed by atoms with Gasteiger partial charge < -0.3 is 15.8 Å². The molecule has 7 nitrogen and oxygen atoms in total. The molecular weight excluding hydrogens is 511 g/mol. The Bertz CT molecular complexity index is 880. The topological polar surface area (TPSA) is 97.0 Å². The Morgan fingerprint density at radius 2 is 1.96 bits per heavy atom. The van der Waals surface area contributed by atoms with Crippen molar-refractivity contribution in [2.45, 2.75) is 24.5 Å². The van der Waals surface area contributed by atoms with Crippen molar-refractivity contribution in [3.8, 4) is 5.75 Å². The van der Waals surface area contributed by atoms with Crippen molar-refractivity contribution in [2.24, 2.45) is 10.7 Å². The number of thiophene rings is 1. The zero-order chi connectivity index (χ0) is 19.9. The summed E-state index contributed by atoms with van der Waals surface area (Å²) >= 11 is 1.28. The molecular formula is C18H27IN4O3S2. The molecule has 0 spiro atoms. The van der Waals surface area contributed by atoms with Crippen molar-refractivity contribution in [2.75, 3.05) is 32.1 Å². The quantitative estimate of drug-likeness (QED) is 0.290. The molecule has 1 aromatic heterocycles. The predicted octanol–water partition coefficient (Wildman–Crippen LogP) is 3.37. The molecule has 1 heterocycles. The van der Waals surface area contributed by atoms with E-state index in [9.17, 15) is 8.42 Å². The lowest BCUT2D eigenvalue weighted by Gasteiger charge is -2.16. The fraction of sp³-hybridized carbons (Fsp3) is 0.389. The average Bonchev–Trinajstić information content (AvgIpc) is 3.12. The van der Waals surface area contributed by atoms with Crippen LogP contribution in [-0.4, -0.2) is 45.4 Å². The maximum absolute atomic E-state index is 12.5. The first-order valence-electron chi connectivity index (χ1n) is 8.70. The van der Waals surface area contributed by atoms with E-state index in [-0.39, 0.29) is 24.0 Å². The van der Waals surface area contributed by atoms with Crippen LogP contribution in [0, 0.1) is 0 Å². The minimum absolute atomic E-state index is 0. The molecule has 10 heteroatoms. The van der Waals surface area contributed by atoms with Gasteiger partial charge in [0, 0.05) is 42.7 Å². The van der Waals surface area contributed by atoms with Gasteiger partial charge >= 0.3 is 0 Å². The highest BCUT2D eigenvalue weighted by Crippen LogP contribution is 2.25. The molecule has 0 aliphatic rings. The largest absolute Gasteiger partial charge is 0.497 e. The van der Waals surface area contributed by atoms with E-state index in [0.717, 1.165) is 16.3 Å². The van der Waals surface area contributed by atoms with Gasteiger partial charge in [0.15, 0.2) is 5.96 Å². The highest BCUT2D eigenvalue weighted by atomic mass is 127. The Kier molecular flexibility index (Phi) is 10.2. The van der Waals surface area contributed by atoms with E-state index in [0.29, 0.717) is 36.2 Å². The Morgan fingerprint density at radius 1 is 1.25 bits per heavy atom. The SMILES string of the molecule is CCN(CC)S(=O)(=O)c1ccc(CCN=C(N)Nc2cccc(OC)c2)s1.I. The van der Waals surface area contributed by atoms with Crippen molar-refractivity contribution >= 4 is 57.0 Å². The number of nitrogens with two attached hydrogens (primary N) is 1. The Balaban J connectivity index is 0.00000392. The lowest BCUT2D eigenvalue weighted by molar-refractivity contribution is 0.415. The molecule has 0 saturated heterocycles. The normalized spacial score (nSPS) is 11.9. The summed E-state index contributed by atoms with van der Waals surface area (Å²) in [6.07, 6.45) is 0.624. The maximum Gasteiger partial charge on any atom is 0.252 e. The predicted molar refractivity (Wildman–Crippen MR) is 127 cm³/mol. The third-order valence-corrected chi connectivity index (χ3v) is 7.58. The monoisotopic (exact) mass is 538 g/mol. The van der Waals surface area contributed by atoms with E-state index in [1.165, 1.54) is 15.6 Å². The second-order valence-electron chi connectivity index (χ2n) is 5.68. The lowest BCUT2D eigenvalue weighted by atomic mass is 10.3. The van der Waals surface area contributed by atoms with Gasteiger partial charge in [0.1, 0.15) is 9.96 Å². The summed E-state index contributed by atoms with van der Waals surface area (Å²) in [6.45, 7) is 5.06. The van der Waals surface area contributed by atoms with Gasteiger partial charge in [-0.15, -0.1) is 35.3 Å². The van der Waals surface area contributed by atoms with E-state index in [1.54, 1.807) is 13.2 Å². The van der Waals surface area contributed by atoms with Crippen LogP contribution >= 0.6 is 35.3 Å². The zero-order valence-electron chi connectivity index (χ0n) is 16.2. The molecule has 0 bridgehead atoms. The van der Waals surface area contributed by atoms with E-state index in [2.05, 4.69) is 10.3 Å². The molecule has 0 radical (unpaired) electrons. The minimum atomic E-state index is -3.40. The van der Waals surface area contributed by atoms with Crippen molar-refractivity contribution in [1.29, 1.82) is 0 Å². The summed E-state index contributed by atoms with van der Waals surface area (Å²) in [7, 11) is -1.80. The van der Waals surface area contributed by atoms with Gasteiger partial charge in [0.25, 0.3) is 10.0 Å². The van der Waals surface area contributed by atoms with Crippen LogP contribution in [-0.2, 0) is 16.4 Å². The van der Waals surface area contributed by atoms with E-state index < -0.39 is 10.0 Å². The van der Waals surface area contributed by atoms with Gasteiger partial charge in [0.05, 0.1) is 7.11 Å². The summed E-state index contributed by atoms with van der Waals surface area (Å²) in [5, 5.41) is 3.01. The number of halogens is 1. The number of sulfonamides is 1. The molecule has 2 aromatic rings. The van der Waals surface area contributed by atoms with Gasteiger partial charge in [-0.2, -0.15) is 4.31 Å². The summed E-state index contributed by atoms with van der Waals surface area (Å²) in [5.41, 5.74) is 6.70. The Morgan fingerprint density at radius 3 is 2.61 bits per heavy atom. The van der Waals surface area contributed by atoms with E-state index >= 15 is 0 Å². The first-order chi connectivity index (χ1) is 12.9. The van der Waals surface area contributed by atoms with Crippen LogP contribution in [0.1, 0.15) is 18.7 Å². The summed E-state index contributed by atoms with van der Waals surface area (Å²) in [6, 6.07) is 10.9. The Labute approximate surface area is 188 Å². The first-order valence-corrected chi connectivity index (χ1v) is 11.0. The standard InChI is InChI=1S/C18H26N4O3S2.HI/c1-4-22(5-2)27(23,24)17-10-9-16(26-17)11-12-20-18(19)21-14-7-6-8-15(13-14)25-3;/h6-10,13H,4-5,11-12H2,1-3H3,(H3,19,20,21);1H. The molecule has 0 aliphatic carbocycles. The highest BCUT2D eigenvalue weighted by Gasteiger charge is 2.23. The van der Waals surface area contributed by atoms with Crippen LogP contribution in [0.2, 0.25) is 0 Å². The van der Waals surface area contributed by atoms with Gasteiger partial charge in [-0.05, 0) is 24.3 Å². The van der Waals surface area contributed by atoms with E-state index in [1.807, 2.05) is 44.2 Å². The molecule has 3 N–H and O–H groups in total. The average molecular weight is 538 g/mol. The molecule has 0 amide bonds. The van der Waals surface area contributed by atoms with Crippen LogP contribution in [0.25, 0.3) is 0 Å². The van der Waals surface area contributed by atoms with Crippen molar-refractivity contribution in [3.05, 3.63) is 41.3 Å². The number of aliphatic imine (C=N–C) groups is 1. The number of ether oxygens (including phenoxy) is 1. The molecule has 0 atom stereocenters. The number of guanidine groups is 1. The molecule has 0 unspecified atom stereocenters. The molecule has 0 saturated carbocycles. The van der Waals surface area contributed by atoms with Gasteiger partial charge in [-0.1, -0.05) is 19.9 Å². The first kappa shape index (κ1) is 24.7. The van der Waals surface area contributed by atoms with Gasteiger partial charge in [-0.3, -0.25) is 4.99 Å². The number of methoxy groups -OCH3 is 1. The number of hydrogen-bond donors (Lipinski definition) is 2. The summed E-state index contributed by atoms with van der Waals surface area (Å²) in [5.74, 6) is 1.03. The maximum atomic E-state index is 12.5. The van der Waals surface area contributed by atoms with Crippen molar-refractivity contribution in [1.82, 2.24) is 4.31 Å². The number of nitrogens with zero attached hydrogens (tertiary/aromatic N) is 2. The van der Waals surface area contributed by atoms with Crippen LogP contribution in [0.3, 0.4) is 0 Å². The second kappa shape index (κ2) is 11.6. The molecule has 156 valence electrons. The van der Waals surface area contributed by atoms with Gasteiger partial charge in [0.2, 0.25) is 0 Å². The van der Waals surface area contributed by atoms with Crippen molar-refractivity contribution < 1.29 is 13.2 Å². The molecule has 2 rings (SSSR count). The summed E-state index contributed by atoms with van der Waals surface area (Å²) in [4.78, 5) is 5.26. The number of hydrogen-bond acceptors (Lipinski definition) is 5. The van der Waals surface area contributed by atoms with Gasteiger partial charge in [-0.25, -0.2) is 8.42 Å². The fourth-order valence-corrected chi connectivity index (χ4v) is 5.45. The molecule has 1 aromatic carbocycles. The van der Waals surface area contributed by atoms with E-state index in [4.69, 9.17) is 10.5 Å². The van der Waals surface area contributed by atoms with Crippen LogP contribution in [0.15, 0.2) is 45.6 Å². The number of rotatable bonds is 9. The van der Waals surface area contributed by atoms with Crippen LogP contribution in [0.5, 0.6) is 5.75 Å². The highest BCUT2D eigenvalue weighted by molar-refractivity contribution is 14.0. The fourth-order valence-electron chi connectivity index (χ4n) is 2.50. The molecule has 0 aliphatic heterocycles. The molecule has 28 heavy (non-hydrogen) atoms. The molecule has 0 fully saturated rings. The second-order valence-corrected chi connectivity index (χ2v) is 9.02. The smallest absolute Gasteiger partial charge is 0.252 e. The number of nitrogens with one attached hydrogen (secondary N) is 1. The zero-order valence-corrected chi connectivity index (χ0v) is 20.2.